The Balaban J connectivity index is 1.69. The molecular formula is C20H19FN4O2. The minimum absolute atomic E-state index is 0.222. The van der Waals surface area contributed by atoms with Gasteiger partial charge in [-0.2, -0.15) is 5.10 Å². The van der Waals surface area contributed by atoms with Crippen LogP contribution in [0, 0.1) is 12.7 Å². The van der Waals surface area contributed by atoms with Crippen molar-refractivity contribution in [1.82, 2.24) is 9.78 Å². The lowest BCUT2D eigenvalue weighted by Gasteiger charge is -2.13. The van der Waals surface area contributed by atoms with Crippen LogP contribution in [0.1, 0.15) is 28.9 Å². The van der Waals surface area contributed by atoms with E-state index >= 15 is 0 Å². The van der Waals surface area contributed by atoms with Crippen LogP contribution < -0.4 is 10.6 Å². The summed E-state index contributed by atoms with van der Waals surface area (Å²) in [6, 6.07) is 12.3. The van der Waals surface area contributed by atoms with E-state index in [0.29, 0.717) is 16.9 Å². The Kier molecular flexibility index (Phi) is 5.30. The Morgan fingerprint density at radius 2 is 1.81 bits per heavy atom. The maximum atomic E-state index is 13.6. The molecule has 1 heterocycles. The molecule has 0 aliphatic carbocycles. The highest BCUT2D eigenvalue weighted by atomic mass is 19.1. The summed E-state index contributed by atoms with van der Waals surface area (Å²) in [6.07, 6.45) is 3.31. The van der Waals surface area contributed by atoms with Crippen molar-refractivity contribution in [2.45, 2.75) is 19.9 Å². The molecule has 0 fully saturated rings. The number of aryl methyl sites for hydroxylation is 1. The van der Waals surface area contributed by atoms with Gasteiger partial charge in [-0.15, -0.1) is 0 Å². The quantitative estimate of drug-likeness (QED) is 0.721. The number of carbonyl (C=O) groups excluding carboxylic acids is 2. The molecule has 7 heteroatoms. The number of halogens is 1. The Hall–Kier alpha value is -3.48. The van der Waals surface area contributed by atoms with Crippen LogP contribution in [0.4, 0.5) is 15.8 Å². The number of amides is 2. The SMILES string of the molecule is Cc1ccc(C(=O)Nc2cccc(NC(=O)C(C)n3cccn3)c2)cc1F. The fourth-order valence-corrected chi connectivity index (χ4v) is 2.49. The smallest absolute Gasteiger partial charge is 0.255 e. The maximum absolute atomic E-state index is 13.6. The van der Waals surface area contributed by atoms with Gasteiger partial charge in [0.25, 0.3) is 5.91 Å². The first kappa shape index (κ1) is 18.3. The van der Waals surface area contributed by atoms with Crippen LogP contribution in [0.15, 0.2) is 60.9 Å². The molecule has 1 atom stereocenters. The molecule has 2 amide bonds. The van der Waals surface area contributed by atoms with Crippen LogP contribution in [0.3, 0.4) is 0 Å². The number of carbonyl (C=O) groups is 2. The zero-order valence-corrected chi connectivity index (χ0v) is 14.9. The lowest BCUT2D eigenvalue weighted by atomic mass is 10.1. The normalized spacial score (nSPS) is 11.7. The van der Waals surface area contributed by atoms with Gasteiger partial charge in [-0.3, -0.25) is 14.3 Å². The summed E-state index contributed by atoms with van der Waals surface area (Å²) >= 11 is 0. The van der Waals surface area contributed by atoms with Gasteiger partial charge in [0.05, 0.1) is 0 Å². The van der Waals surface area contributed by atoms with Crippen molar-refractivity contribution in [2.75, 3.05) is 10.6 Å². The number of rotatable bonds is 5. The second-order valence-corrected chi connectivity index (χ2v) is 6.15. The molecule has 2 N–H and O–H groups in total. The van der Waals surface area contributed by atoms with Crippen molar-refractivity contribution in [3.8, 4) is 0 Å². The van der Waals surface area contributed by atoms with Crippen LogP contribution in [0.5, 0.6) is 0 Å². The Labute approximate surface area is 156 Å². The van der Waals surface area contributed by atoms with E-state index in [1.165, 1.54) is 6.07 Å². The zero-order valence-electron chi connectivity index (χ0n) is 14.9. The number of hydrogen-bond acceptors (Lipinski definition) is 3. The lowest BCUT2D eigenvalue weighted by Crippen LogP contribution is -2.24. The highest BCUT2D eigenvalue weighted by Gasteiger charge is 2.15. The van der Waals surface area contributed by atoms with Crippen molar-refractivity contribution in [3.63, 3.8) is 0 Å². The molecule has 0 aliphatic heterocycles. The summed E-state index contributed by atoms with van der Waals surface area (Å²) in [5, 5.41) is 9.54. The van der Waals surface area contributed by atoms with Gasteiger partial charge in [0.1, 0.15) is 11.9 Å². The molecule has 6 nitrogen and oxygen atoms in total. The number of hydrogen-bond donors (Lipinski definition) is 2. The second kappa shape index (κ2) is 7.82. The van der Waals surface area contributed by atoms with E-state index in [4.69, 9.17) is 0 Å². The average Bonchev–Trinajstić information content (AvgIpc) is 3.18. The minimum Gasteiger partial charge on any atom is -0.324 e. The van der Waals surface area contributed by atoms with Gasteiger partial charge in [-0.1, -0.05) is 12.1 Å². The predicted octanol–water partition coefficient (Wildman–Crippen LogP) is 3.78. The second-order valence-electron chi connectivity index (χ2n) is 6.15. The van der Waals surface area contributed by atoms with Gasteiger partial charge in [0.2, 0.25) is 5.91 Å². The third-order valence-electron chi connectivity index (χ3n) is 4.12. The van der Waals surface area contributed by atoms with E-state index in [1.807, 2.05) is 0 Å². The first-order valence-corrected chi connectivity index (χ1v) is 8.41. The Bertz CT molecular complexity index is 970. The third-order valence-corrected chi connectivity index (χ3v) is 4.12. The third kappa shape index (κ3) is 4.38. The average molecular weight is 366 g/mol. The summed E-state index contributed by atoms with van der Waals surface area (Å²) in [5.74, 6) is -1.10. The van der Waals surface area contributed by atoms with Crippen LogP contribution in [0.25, 0.3) is 0 Å². The summed E-state index contributed by atoms with van der Waals surface area (Å²) < 4.78 is 15.2. The molecule has 0 bridgehead atoms. The van der Waals surface area contributed by atoms with Gasteiger partial charge in [0.15, 0.2) is 0 Å². The van der Waals surface area contributed by atoms with Gasteiger partial charge >= 0.3 is 0 Å². The van der Waals surface area contributed by atoms with Gasteiger partial charge in [-0.05, 0) is 55.8 Å². The zero-order chi connectivity index (χ0) is 19.4. The van der Waals surface area contributed by atoms with Crippen molar-refractivity contribution in [3.05, 3.63) is 77.9 Å². The van der Waals surface area contributed by atoms with E-state index in [1.54, 1.807) is 73.4 Å². The molecule has 0 spiro atoms. The molecule has 0 radical (unpaired) electrons. The molecule has 3 aromatic rings. The highest BCUT2D eigenvalue weighted by Crippen LogP contribution is 2.18. The highest BCUT2D eigenvalue weighted by molar-refractivity contribution is 6.04. The maximum Gasteiger partial charge on any atom is 0.255 e. The molecule has 0 saturated carbocycles. The molecule has 1 aromatic heterocycles. The van der Waals surface area contributed by atoms with Gasteiger partial charge in [-0.25, -0.2) is 4.39 Å². The Morgan fingerprint density at radius 1 is 1.07 bits per heavy atom. The molecule has 0 aliphatic rings. The fraction of sp³-hybridized carbons (Fsp3) is 0.150. The Morgan fingerprint density at radius 3 is 2.48 bits per heavy atom. The number of anilines is 2. The first-order valence-electron chi connectivity index (χ1n) is 8.41. The van der Waals surface area contributed by atoms with Crippen molar-refractivity contribution in [2.24, 2.45) is 0 Å². The first-order chi connectivity index (χ1) is 12.9. The number of aromatic nitrogens is 2. The number of nitrogens with zero attached hydrogens (tertiary/aromatic N) is 2. The van der Waals surface area contributed by atoms with Crippen LogP contribution in [-0.4, -0.2) is 21.6 Å². The predicted molar refractivity (Wildman–Crippen MR) is 101 cm³/mol. The monoisotopic (exact) mass is 366 g/mol. The lowest BCUT2D eigenvalue weighted by molar-refractivity contribution is -0.119. The van der Waals surface area contributed by atoms with E-state index in [9.17, 15) is 14.0 Å². The molecule has 3 rings (SSSR count). The van der Waals surface area contributed by atoms with E-state index in [2.05, 4.69) is 15.7 Å². The van der Waals surface area contributed by atoms with Gasteiger partial charge < -0.3 is 10.6 Å². The van der Waals surface area contributed by atoms with Crippen molar-refractivity contribution < 1.29 is 14.0 Å². The van der Waals surface area contributed by atoms with Crippen LogP contribution in [-0.2, 0) is 4.79 Å². The van der Waals surface area contributed by atoms with E-state index in [0.717, 1.165) is 0 Å². The number of nitrogens with one attached hydrogen (secondary N) is 2. The summed E-state index contributed by atoms with van der Waals surface area (Å²) in [7, 11) is 0. The number of benzene rings is 2. The standard InChI is InChI=1S/C20H19FN4O2/c1-13-7-8-15(11-18(13)21)20(27)24-17-6-3-5-16(12-17)23-19(26)14(2)25-10-4-9-22-25/h3-12,14H,1-2H3,(H,23,26)(H,24,27). The van der Waals surface area contributed by atoms with Crippen LogP contribution in [0.2, 0.25) is 0 Å². The molecule has 0 saturated heterocycles. The summed E-state index contributed by atoms with van der Waals surface area (Å²) in [5.41, 5.74) is 1.72. The molecule has 27 heavy (non-hydrogen) atoms. The van der Waals surface area contributed by atoms with Crippen molar-refractivity contribution >= 4 is 23.2 Å². The summed E-state index contributed by atoms with van der Waals surface area (Å²) in [4.78, 5) is 24.6. The van der Waals surface area contributed by atoms with Crippen LogP contribution >= 0.6 is 0 Å². The molecule has 1 unspecified atom stereocenters. The summed E-state index contributed by atoms with van der Waals surface area (Å²) in [6.45, 7) is 3.37. The molecular weight excluding hydrogens is 347 g/mol. The molecule has 2 aromatic carbocycles. The van der Waals surface area contributed by atoms with E-state index < -0.39 is 17.8 Å². The fourth-order valence-electron chi connectivity index (χ4n) is 2.49. The van der Waals surface area contributed by atoms with Crippen molar-refractivity contribution in [1.29, 1.82) is 0 Å². The topological polar surface area (TPSA) is 76.0 Å². The molecule has 138 valence electrons. The van der Waals surface area contributed by atoms with Gasteiger partial charge in [0, 0.05) is 29.3 Å². The van der Waals surface area contributed by atoms with E-state index in [-0.39, 0.29) is 11.5 Å². The largest absolute Gasteiger partial charge is 0.324 e. The minimum atomic E-state index is -0.478.